The minimum Gasteiger partial charge on any atom is -0.497 e. The standard InChI is InChI=1S/C27H24N4O5S/c1-34-19-9-6-17(7-10-19)16-30-26(25(29-27(30)37)21-5-3-4-14-28-21)23-13-12-22(36-23)20-11-8-18(31(32)33)15-24(20)35-2/h3-15,25-26H,16H2,1-2H3,(H,29,37)/t25-,26-/m0/s1. The number of ether oxygens (including phenoxy) is 2. The number of furan rings is 1. The van der Waals surface area contributed by atoms with Crippen LogP contribution in [0.2, 0.25) is 0 Å². The van der Waals surface area contributed by atoms with Crippen molar-refractivity contribution in [1.29, 1.82) is 0 Å². The maximum atomic E-state index is 11.2. The average molecular weight is 517 g/mol. The van der Waals surface area contributed by atoms with Crippen LogP contribution in [0.4, 0.5) is 5.69 Å². The lowest BCUT2D eigenvalue weighted by molar-refractivity contribution is -0.384. The molecule has 1 aliphatic heterocycles. The van der Waals surface area contributed by atoms with Crippen molar-refractivity contribution in [3.05, 3.63) is 106 Å². The van der Waals surface area contributed by atoms with Crippen LogP contribution in [0.1, 0.15) is 29.1 Å². The highest BCUT2D eigenvalue weighted by molar-refractivity contribution is 7.80. The summed E-state index contributed by atoms with van der Waals surface area (Å²) in [6, 6.07) is 21.2. The summed E-state index contributed by atoms with van der Waals surface area (Å²) in [5, 5.41) is 15.2. The smallest absolute Gasteiger partial charge is 0.273 e. The molecule has 1 aliphatic rings. The van der Waals surface area contributed by atoms with Crippen LogP contribution in [-0.4, -0.2) is 34.1 Å². The number of nitro groups is 1. The molecule has 0 radical (unpaired) electrons. The van der Waals surface area contributed by atoms with Gasteiger partial charge < -0.3 is 24.1 Å². The maximum absolute atomic E-state index is 11.2. The number of nitrogens with zero attached hydrogens (tertiary/aromatic N) is 3. The van der Waals surface area contributed by atoms with Crippen molar-refractivity contribution in [2.24, 2.45) is 0 Å². The molecule has 9 nitrogen and oxygen atoms in total. The van der Waals surface area contributed by atoms with Gasteiger partial charge in [0.25, 0.3) is 5.69 Å². The number of rotatable bonds is 8. The highest BCUT2D eigenvalue weighted by Gasteiger charge is 2.41. The normalized spacial score (nSPS) is 16.9. The Morgan fingerprint density at radius 1 is 1.08 bits per heavy atom. The molecule has 3 heterocycles. The molecule has 10 heteroatoms. The van der Waals surface area contributed by atoms with E-state index in [0.717, 1.165) is 17.0 Å². The highest BCUT2D eigenvalue weighted by atomic mass is 32.1. The molecular weight excluding hydrogens is 492 g/mol. The predicted molar refractivity (Wildman–Crippen MR) is 141 cm³/mol. The van der Waals surface area contributed by atoms with Crippen LogP contribution in [-0.2, 0) is 6.54 Å². The van der Waals surface area contributed by atoms with Gasteiger partial charge in [-0.1, -0.05) is 18.2 Å². The lowest BCUT2D eigenvalue weighted by Crippen LogP contribution is -2.29. The van der Waals surface area contributed by atoms with E-state index in [9.17, 15) is 10.1 Å². The Kier molecular flexibility index (Phi) is 6.74. The van der Waals surface area contributed by atoms with Crippen molar-refractivity contribution in [1.82, 2.24) is 15.2 Å². The zero-order valence-electron chi connectivity index (χ0n) is 20.2. The van der Waals surface area contributed by atoms with Gasteiger partial charge in [-0.3, -0.25) is 15.1 Å². The van der Waals surface area contributed by atoms with E-state index in [1.807, 2.05) is 54.6 Å². The summed E-state index contributed by atoms with van der Waals surface area (Å²) in [4.78, 5) is 17.4. The predicted octanol–water partition coefficient (Wildman–Crippen LogP) is 5.44. The second-order valence-electron chi connectivity index (χ2n) is 8.45. The molecule has 0 saturated carbocycles. The van der Waals surface area contributed by atoms with Gasteiger partial charge in [-0.05, 0) is 60.2 Å². The maximum Gasteiger partial charge on any atom is 0.273 e. The molecule has 37 heavy (non-hydrogen) atoms. The molecule has 2 aromatic carbocycles. The largest absolute Gasteiger partial charge is 0.497 e. The molecular formula is C27H24N4O5S. The number of nitrogens with one attached hydrogen (secondary N) is 1. The Labute approximate surface area is 218 Å². The van der Waals surface area contributed by atoms with Crippen molar-refractivity contribution < 1.29 is 18.8 Å². The van der Waals surface area contributed by atoms with Crippen LogP contribution in [0.5, 0.6) is 11.5 Å². The van der Waals surface area contributed by atoms with Crippen LogP contribution in [0.25, 0.3) is 11.3 Å². The van der Waals surface area contributed by atoms with Crippen LogP contribution in [0.15, 0.2) is 83.4 Å². The van der Waals surface area contributed by atoms with Crippen molar-refractivity contribution in [3.63, 3.8) is 0 Å². The Morgan fingerprint density at radius 2 is 1.89 bits per heavy atom. The second-order valence-corrected chi connectivity index (χ2v) is 8.83. The lowest BCUT2D eigenvalue weighted by Gasteiger charge is -2.26. The molecule has 5 rings (SSSR count). The number of non-ortho nitro benzene ring substituents is 1. The number of aromatic nitrogens is 1. The molecule has 188 valence electrons. The van der Waals surface area contributed by atoms with Crippen LogP contribution < -0.4 is 14.8 Å². The van der Waals surface area contributed by atoms with E-state index in [4.69, 9.17) is 26.1 Å². The average Bonchev–Trinajstić information content (AvgIpc) is 3.54. The first-order valence-electron chi connectivity index (χ1n) is 11.5. The number of hydrogen-bond acceptors (Lipinski definition) is 7. The third kappa shape index (κ3) is 4.83. The fraction of sp³-hybridized carbons (Fsp3) is 0.185. The minimum absolute atomic E-state index is 0.0568. The zero-order valence-corrected chi connectivity index (χ0v) is 21.0. The van der Waals surface area contributed by atoms with Crippen LogP contribution in [0.3, 0.4) is 0 Å². The minimum atomic E-state index is -0.459. The third-order valence-electron chi connectivity index (χ3n) is 6.29. The van der Waals surface area contributed by atoms with E-state index in [0.29, 0.717) is 34.5 Å². The molecule has 0 spiro atoms. The van der Waals surface area contributed by atoms with E-state index in [1.165, 1.54) is 19.2 Å². The number of pyridine rings is 1. The molecule has 2 aromatic heterocycles. The number of hydrogen-bond donors (Lipinski definition) is 1. The Balaban J connectivity index is 1.53. The molecule has 0 amide bonds. The van der Waals surface area contributed by atoms with E-state index < -0.39 is 4.92 Å². The SMILES string of the molecule is COc1ccc(CN2C(=S)N[C@@H](c3ccccn3)[C@@H]2c2ccc(-c3ccc([N+](=O)[O-])cc3OC)o2)cc1. The van der Waals surface area contributed by atoms with Crippen molar-refractivity contribution >= 4 is 23.0 Å². The molecule has 4 aromatic rings. The van der Waals surface area contributed by atoms with Gasteiger partial charge in [0.05, 0.1) is 42.5 Å². The zero-order chi connectivity index (χ0) is 25.9. The summed E-state index contributed by atoms with van der Waals surface area (Å²) in [5.41, 5.74) is 2.45. The Morgan fingerprint density at radius 3 is 2.57 bits per heavy atom. The quantitative estimate of drug-likeness (QED) is 0.186. The van der Waals surface area contributed by atoms with E-state index in [2.05, 4.69) is 15.2 Å². The highest BCUT2D eigenvalue weighted by Crippen LogP contribution is 2.42. The number of methoxy groups -OCH3 is 2. The third-order valence-corrected chi connectivity index (χ3v) is 6.64. The molecule has 1 fully saturated rings. The van der Waals surface area contributed by atoms with Gasteiger partial charge in [-0.2, -0.15) is 0 Å². The summed E-state index contributed by atoms with van der Waals surface area (Å²) in [7, 11) is 3.11. The van der Waals surface area contributed by atoms with E-state index in [1.54, 1.807) is 19.4 Å². The van der Waals surface area contributed by atoms with Gasteiger partial charge in [0.1, 0.15) is 29.1 Å². The van der Waals surface area contributed by atoms with Gasteiger partial charge in [0, 0.05) is 18.8 Å². The van der Waals surface area contributed by atoms with E-state index >= 15 is 0 Å². The first-order chi connectivity index (χ1) is 18.0. The van der Waals surface area contributed by atoms with Crippen molar-refractivity contribution in [2.75, 3.05) is 14.2 Å². The molecule has 1 N–H and O–H groups in total. The Bertz CT molecular complexity index is 1420. The fourth-order valence-corrected chi connectivity index (χ4v) is 4.77. The molecule has 0 unspecified atom stereocenters. The van der Waals surface area contributed by atoms with Gasteiger partial charge in [-0.25, -0.2) is 0 Å². The summed E-state index contributed by atoms with van der Waals surface area (Å²) >= 11 is 5.76. The van der Waals surface area contributed by atoms with Crippen LogP contribution >= 0.6 is 12.2 Å². The molecule has 0 bridgehead atoms. The number of nitro benzene ring substituents is 1. The molecule has 1 saturated heterocycles. The topological polar surface area (TPSA) is 103 Å². The van der Waals surface area contributed by atoms with Gasteiger partial charge >= 0.3 is 0 Å². The summed E-state index contributed by atoms with van der Waals surface area (Å²) in [6.45, 7) is 0.542. The summed E-state index contributed by atoms with van der Waals surface area (Å²) in [6.07, 6.45) is 1.75. The second kappa shape index (κ2) is 10.3. The fourth-order valence-electron chi connectivity index (χ4n) is 4.47. The lowest BCUT2D eigenvalue weighted by atomic mass is 10.0. The first kappa shape index (κ1) is 24.3. The molecule has 2 atom stereocenters. The summed E-state index contributed by atoms with van der Waals surface area (Å²) < 4.78 is 17.1. The summed E-state index contributed by atoms with van der Waals surface area (Å²) in [5.74, 6) is 2.34. The number of thiocarbonyl (C=S) groups is 1. The first-order valence-corrected chi connectivity index (χ1v) is 11.9. The van der Waals surface area contributed by atoms with Crippen molar-refractivity contribution in [2.45, 2.75) is 18.6 Å². The Hall–Kier alpha value is -4.44. The monoisotopic (exact) mass is 516 g/mol. The van der Waals surface area contributed by atoms with Crippen LogP contribution in [0, 0.1) is 10.1 Å². The van der Waals surface area contributed by atoms with E-state index in [-0.39, 0.29) is 17.8 Å². The van der Waals surface area contributed by atoms with Crippen molar-refractivity contribution in [3.8, 4) is 22.8 Å². The molecule has 0 aliphatic carbocycles. The van der Waals surface area contributed by atoms with Gasteiger partial charge in [-0.15, -0.1) is 0 Å². The van der Waals surface area contributed by atoms with Gasteiger partial charge in [0.2, 0.25) is 0 Å². The van der Waals surface area contributed by atoms with Gasteiger partial charge in [0.15, 0.2) is 5.11 Å². The number of benzene rings is 2.